The number of nitrogens with one attached hydrogen (secondary N) is 3. The van der Waals surface area contributed by atoms with Crippen LogP contribution in [-0.2, 0) is 16.4 Å². The molecule has 0 aromatic heterocycles. The Morgan fingerprint density at radius 3 is 2.17 bits per heavy atom. The third-order valence-corrected chi connectivity index (χ3v) is 5.93. The van der Waals surface area contributed by atoms with Crippen molar-refractivity contribution in [2.24, 2.45) is 4.99 Å². The lowest BCUT2D eigenvalue weighted by Crippen LogP contribution is -2.42. The highest BCUT2D eigenvalue weighted by Crippen LogP contribution is 2.21. The Morgan fingerprint density at radius 1 is 0.933 bits per heavy atom. The van der Waals surface area contributed by atoms with E-state index in [9.17, 15) is 8.42 Å². The van der Waals surface area contributed by atoms with Gasteiger partial charge in [-0.25, -0.2) is 13.1 Å². The first kappa shape index (κ1) is 26.4. The molecule has 166 valence electrons. The molecule has 0 saturated carbocycles. The zero-order valence-corrected chi connectivity index (χ0v) is 20.8. The number of hydrogen-bond donors (Lipinski definition) is 3. The molecule has 0 aliphatic rings. The molecule has 2 aromatic rings. The first-order chi connectivity index (χ1) is 14.0. The number of aliphatic imine (C=N–C) groups is 1. The van der Waals surface area contributed by atoms with Gasteiger partial charge in [0, 0.05) is 32.1 Å². The smallest absolute Gasteiger partial charge is 0.211 e. The van der Waals surface area contributed by atoms with Crippen LogP contribution in [0.3, 0.4) is 0 Å². The van der Waals surface area contributed by atoms with Crippen molar-refractivity contribution in [2.75, 3.05) is 31.9 Å². The van der Waals surface area contributed by atoms with Gasteiger partial charge < -0.3 is 10.6 Å². The highest BCUT2D eigenvalue weighted by molar-refractivity contribution is 14.0. The monoisotopic (exact) mass is 544 g/mol. The fraction of sp³-hybridized carbons (Fsp3) is 0.409. The highest BCUT2D eigenvalue weighted by atomic mass is 127. The van der Waals surface area contributed by atoms with Crippen molar-refractivity contribution in [3.63, 3.8) is 0 Å². The van der Waals surface area contributed by atoms with Crippen molar-refractivity contribution in [3.8, 4) is 0 Å². The SMILES string of the molecule is CCNC(=NCC(Cc1ccccc1)c1ccccc1)NCCNS(=O)(=O)CC.I. The van der Waals surface area contributed by atoms with Gasteiger partial charge >= 0.3 is 0 Å². The summed E-state index contributed by atoms with van der Waals surface area (Å²) >= 11 is 0. The summed E-state index contributed by atoms with van der Waals surface area (Å²) in [4.78, 5) is 4.76. The first-order valence-electron chi connectivity index (χ1n) is 10.1. The van der Waals surface area contributed by atoms with E-state index in [0.29, 0.717) is 25.6 Å². The number of hydrogen-bond acceptors (Lipinski definition) is 3. The molecular weight excluding hydrogens is 511 g/mol. The molecule has 0 saturated heterocycles. The van der Waals surface area contributed by atoms with Crippen molar-refractivity contribution in [2.45, 2.75) is 26.2 Å². The minimum atomic E-state index is -3.18. The number of halogens is 1. The highest BCUT2D eigenvalue weighted by Gasteiger charge is 2.13. The average molecular weight is 545 g/mol. The van der Waals surface area contributed by atoms with Gasteiger partial charge in [-0.1, -0.05) is 60.7 Å². The molecule has 1 atom stereocenters. The Morgan fingerprint density at radius 2 is 1.57 bits per heavy atom. The summed E-state index contributed by atoms with van der Waals surface area (Å²) in [5.41, 5.74) is 2.54. The average Bonchev–Trinajstić information content (AvgIpc) is 2.75. The van der Waals surface area contributed by atoms with Crippen LogP contribution in [0.4, 0.5) is 0 Å². The standard InChI is InChI=1S/C22H32N4O2S.HI/c1-3-23-22(24-15-16-26-29(27,28)4-2)25-18-21(20-13-9-6-10-14-20)17-19-11-7-5-8-12-19;/h5-14,21,26H,3-4,15-18H2,1-2H3,(H2,23,24,25);1H. The maximum absolute atomic E-state index is 11.5. The van der Waals surface area contributed by atoms with Gasteiger partial charge in [-0.05, 0) is 31.4 Å². The molecule has 0 heterocycles. The topological polar surface area (TPSA) is 82.6 Å². The molecule has 1 unspecified atom stereocenters. The maximum atomic E-state index is 11.5. The van der Waals surface area contributed by atoms with Gasteiger partial charge in [-0.3, -0.25) is 4.99 Å². The molecule has 2 aromatic carbocycles. The Hall–Kier alpha value is -1.65. The van der Waals surface area contributed by atoms with Crippen LogP contribution in [0.5, 0.6) is 0 Å². The molecule has 3 N–H and O–H groups in total. The number of rotatable bonds is 11. The fourth-order valence-corrected chi connectivity index (χ4v) is 3.56. The largest absolute Gasteiger partial charge is 0.357 e. The Kier molecular flexibility index (Phi) is 12.6. The fourth-order valence-electron chi connectivity index (χ4n) is 2.94. The van der Waals surface area contributed by atoms with Crippen molar-refractivity contribution in [3.05, 3.63) is 71.8 Å². The molecule has 6 nitrogen and oxygen atoms in total. The predicted molar refractivity (Wildman–Crippen MR) is 136 cm³/mol. The molecule has 0 amide bonds. The lowest BCUT2D eigenvalue weighted by atomic mass is 9.92. The van der Waals surface area contributed by atoms with Gasteiger partial charge in [0.05, 0.1) is 5.75 Å². The Labute approximate surface area is 198 Å². The summed E-state index contributed by atoms with van der Waals surface area (Å²) in [6.07, 6.45) is 0.907. The second kappa shape index (κ2) is 14.4. The van der Waals surface area contributed by atoms with Crippen LogP contribution in [0.25, 0.3) is 0 Å². The van der Waals surface area contributed by atoms with Gasteiger partial charge in [-0.2, -0.15) is 0 Å². The van der Waals surface area contributed by atoms with Crippen LogP contribution in [0, 0.1) is 0 Å². The lowest BCUT2D eigenvalue weighted by molar-refractivity contribution is 0.581. The number of sulfonamides is 1. The minimum Gasteiger partial charge on any atom is -0.357 e. The van der Waals surface area contributed by atoms with Crippen LogP contribution >= 0.6 is 24.0 Å². The zero-order valence-electron chi connectivity index (χ0n) is 17.7. The summed E-state index contributed by atoms with van der Waals surface area (Å²) in [7, 11) is -3.18. The van der Waals surface area contributed by atoms with Crippen LogP contribution < -0.4 is 15.4 Å². The summed E-state index contributed by atoms with van der Waals surface area (Å²) in [5, 5.41) is 6.43. The lowest BCUT2D eigenvalue weighted by Gasteiger charge is -2.17. The van der Waals surface area contributed by atoms with E-state index in [1.54, 1.807) is 6.92 Å². The quantitative estimate of drug-likeness (QED) is 0.176. The van der Waals surface area contributed by atoms with E-state index < -0.39 is 10.0 Å². The number of nitrogens with zero attached hydrogens (tertiary/aromatic N) is 1. The molecule has 0 spiro atoms. The molecule has 2 rings (SSSR count). The molecule has 0 bridgehead atoms. The summed E-state index contributed by atoms with van der Waals surface area (Å²) < 4.78 is 25.6. The third kappa shape index (κ3) is 9.90. The van der Waals surface area contributed by atoms with Crippen molar-refractivity contribution < 1.29 is 8.42 Å². The van der Waals surface area contributed by atoms with Gasteiger partial charge in [0.1, 0.15) is 0 Å². The van der Waals surface area contributed by atoms with E-state index in [-0.39, 0.29) is 35.6 Å². The Balaban J connectivity index is 0.00000450. The predicted octanol–water partition coefficient (Wildman–Crippen LogP) is 3.13. The Bertz CT molecular complexity index is 846. The molecular formula is C22H33IN4O2S. The molecule has 0 aliphatic heterocycles. The summed E-state index contributed by atoms with van der Waals surface area (Å²) in [5.74, 6) is 1.03. The van der Waals surface area contributed by atoms with Crippen LogP contribution in [0.15, 0.2) is 65.7 Å². The zero-order chi connectivity index (χ0) is 21.0. The minimum absolute atomic E-state index is 0. The van der Waals surface area contributed by atoms with E-state index >= 15 is 0 Å². The summed E-state index contributed by atoms with van der Waals surface area (Å²) in [6.45, 7) is 5.80. The number of guanidine groups is 1. The van der Waals surface area contributed by atoms with Gasteiger partial charge in [-0.15, -0.1) is 24.0 Å². The summed E-state index contributed by atoms with van der Waals surface area (Å²) in [6, 6.07) is 20.8. The van der Waals surface area contributed by atoms with E-state index in [2.05, 4.69) is 63.9 Å². The van der Waals surface area contributed by atoms with E-state index in [1.165, 1.54) is 11.1 Å². The molecule has 0 aliphatic carbocycles. The second-order valence-corrected chi connectivity index (χ2v) is 8.84. The van der Waals surface area contributed by atoms with E-state index in [4.69, 9.17) is 4.99 Å². The van der Waals surface area contributed by atoms with Gasteiger partial charge in [0.2, 0.25) is 10.0 Å². The molecule has 0 fully saturated rings. The molecule has 8 heteroatoms. The molecule has 0 radical (unpaired) electrons. The molecule has 30 heavy (non-hydrogen) atoms. The van der Waals surface area contributed by atoms with E-state index in [0.717, 1.165) is 13.0 Å². The van der Waals surface area contributed by atoms with Gasteiger partial charge in [0.25, 0.3) is 0 Å². The van der Waals surface area contributed by atoms with Crippen LogP contribution in [0.1, 0.15) is 30.9 Å². The van der Waals surface area contributed by atoms with Crippen molar-refractivity contribution in [1.82, 2.24) is 15.4 Å². The van der Waals surface area contributed by atoms with E-state index in [1.807, 2.05) is 19.1 Å². The number of benzene rings is 2. The second-order valence-electron chi connectivity index (χ2n) is 6.74. The van der Waals surface area contributed by atoms with Crippen LogP contribution in [0.2, 0.25) is 0 Å². The van der Waals surface area contributed by atoms with Crippen molar-refractivity contribution in [1.29, 1.82) is 0 Å². The maximum Gasteiger partial charge on any atom is 0.211 e. The van der Waals surface area contributed by atoms with Crippen LogP contribution in [-0.4, -0.2) is 46.3 Å². The van der Waals surface area contributed by atoms with Crippen molar-refractivity contribution >= 4 is 40.0 Å². The third-order valence-electron chi connectivity index (χ3n) is 4.53. The normalized spacial score (nSPS) is 12.7. The first-order valence-corrected chi connectivity index (χ1v) is 11.8. The van der Waals surface area contributed by atoms with Gasteiger partial charge in [0.15, 0.2) is 5.96 Å².